The molecule has 0 fully saturated rings. The van der Waals surface area contributed by atoms with Gasteiger partial charge < -0.3 is 9.73 Å². The van der Waals surface area contributed by atoms with Gasteiger partial charge in [0.2, 0.25) is 5.91 Å². The fourth-order valence-corrected chi connectivity index (χ4v) is 2.42. The first-order valence-corrected chi connectivity index (χ1v) is 7.63. The minimum absolute atomic E-state index is 0.0300. The summed E-state index contributed by atoms with van der Waals surface area (Å²) < 4.78 is 6.76. The zero-order valence-corrected chi connectivity index (χ0v) is 13.5. The summed E-state index contributed by atoms with van der Waals surface area (Å²) >= 11 is 0. The maximum atomic E-state index is 12.1. The van der Waals surface area contributed by atoms with E-state index in [-0.39, 0.29) is 24.2 Å². The number of furan rings is 1. The van der Waals surface area contributed by atoms with Crippen molar-refractivity contribution in [1.29, 1.82) is 0 Å². The van der Waals surface area contributed by atoms with Crippen molar-refractivity contribution in [2.24, 2.45) is 0 Å². The molecule has 3 aromatic rings. The number of carbonyl (C=O) groups is 1. The number of hydrogen-bond donors (Lipinski definition) is 1. The molecule has 2 aromatic heterocycles. The summed E-state index contributed by atoms with van der Waals surface area (Å²) in [5.74, 6) is 0.489. The average molecular weight is 340 g/mol. The van der Waals surface area contributed by atoms with Gasteiger partial charge in [0.05, 0.1) is 23.4 Å². The summed E-state index contributed by atoms with van der Waals surface area (Å²) in [4.78, 5) is 22.3. The van der Waals surface area contributed by atoms with Gasteiger partial charge in [-0.05, 0) is 36.8 Å². The minimum atomic E-state index is -0.447. The highest BCUT2D eigenvalue weighted by atomic mass is 16.6. The Hall–Kier alpha value is -3.42. The Morgan fingerprint density at radius 3 is 2.72 bits per heavy atom. The number of aromatic nitrogens is 2. The van der Waals surface area contributed by atoms with Crippen LogP contribution in [0.4, 0.5) is 5.69 Å². The second kappa shape index (κ2) is 7.00. The van der Waals surface area contributed by atoms with Crippen LogP contribution in [0.1, 0.15) is 18.7 Å². The van der Waals surface area contributed by atoms with E-state index in [1.807, 2.05) is 6.92 Å². The fraction of sp³-hybridized carbons (Fsp3) is 0.176. The monoisotopic (exact) mass is 340 g/mol. The van der Waals surface area contributed by atoms with Crippen LogP contribution in [0.25, 0.3) is 11.1 Å². The number of nitro benzene ring substituents is 1. The van der Waals surface area contributed by atoms with Crippen LogP contribution >= 0.6 is 0 Å². The molecule has 0 bridgehead atoms. The zero-order valence-electron chi connectivity index (χ0n) is 13.5. The van der Waals surface area contributed by atoms with Gasteiger partial charge in [-0.3, -0.25) is 19.6 Å². The average Bonchev–Trinajstić information content (AvgIpc) is 3.26. The van der Waals surface area contributed by atoms with Gasteiger partial charge in [-0.15, -0.1) is 0 Å². The first-order chi connectivity index (χ1) is 12.0. The van der Waals surface area contributed by atoms with Crippen molar-refractivity contribution in [1.82, 2.24) is 15.1 Å². The maximum absolute atomic E-state index is 12.1. The Morgan fingerprint density at radius 1 is 1.32 bits per heavy atom. The number of carbonyl (C=O) groups excluding carboxylic acids is 1. The first-order valence-electron chi connectivity index (χ1n) is 7.63. The lowest BCUT2D eigenvalue weighted by Crippen LogP contribution is -2.30. The molecule has 25 heavy (non-hydrogen) atoms. The molecule has 3 rings (SSSR count). The van der Waals surface area contributed by atoms with E-state index in [1.165, 1.54) is 16.8 Å². The topological polar surface area (TPSA) is 103 Å². The number of benzene rings is 1. The Kier molecular flexibility index (Phi) is 4.60. The quantitative estimate of drug-likeness (QED) is 0.549. The molecule has 128 valence electrons. The van der Waals surface area contributed by atoms with Crippen molar-refractivity contribution < 1.29 is 14.1 Å². The third-order valence-electron chi connectivity index (χ3n) is 3.70. The molecule has 0 aliphatic heterocycles. The Balaban J connectivity index is 1.63. The number of nitrogens with one attached hydrogen (secondary N) is 1. The highest BCUT2D eigenvalue weighted by Crippen LogP contribution is 2.21. The maximum Gasteiger partial charge on any atom is 0.269 e. The van der Waals surface area contributed by atoms with Crippen LogP contribution < -0.4 is 5.32 Å². The molecule has 8 nitrogen and oxygen atoms in total. The molecule has 1 aromatic carbocycles. The highest BCUT2D eigenvalue weighted by Gasteiger charge is 2.13. The second-order valence-corrected chi connectivity index (χ2v) is 5.54. The SMILES string of the molecule is C[C@H](NC(=O)Cn1cc(-c2ccc([N+](=O)[O-])cc2)cn1)c1ccco1. The van der Waals surface area contributed by atoms with E-state index >= 15 is 0 Å². The molecule has 0 aliphatic carbocycles. The molecule has 0 spiro atoms. The predicted octanol–water partition coefficient (Wildman–Crippen LogP) is 2.93. The van der Waals surface area contributed by atoms with Crippen LogP contribution in [-0.4, -0.2) is 20.6 Å². The van der Waals surface area contributed by atoms with Crippen LogP contribution in [0.5, 0.6) is 0 Å². The lowest BCUT2D eigenvalue weighted by molar-refractivity contribution is -0.384. The van der Waals surface area contributed by atoms with Crippen LogP contribution in [0.15, 0.2) is 59.5 Å². The van der Waals surface area contributed by atoms with E-state index in [2.05, 4.69) is 10.4 Å². The number of hydrogen-bond acceptors (Lipinski definition) is 5. The number of amides is 1. The predicted molar refractivity (Wildman–Crippen MR) is 89.6 cm³/mol. The molecule has 0 unspecified atom stereocenters. The van der Waals surface area contributed by atoms with Crippen molar-refractivity contribution in [3.8, 4) is 11.1 Å². The third kappa shape index (κ3) is 3.92. The minimum Gasteiger partial charge on any atom is -0.467 e. The summed E-state index contributed by atoms with van der Waals surface area (Å²) in [5.41, 5.74) is 1.60. The molecular formula is C17H16N4O4. The van der Waals surface area contributed by atoms with E-state index < -0.39 is 4.92 Å². The van der Waals surface area contributed by atoms with Crippen LogP contribution in [0, 0.1) is 10.1 Å². The lowest BCUT2D eigenvalue weighted by atomic mass is 10.1. The second-order valence-electron chi connectivity index (χ2n) is 5.54. The first kappa shape index (κ1) is 16.4. The molecule has 0 aliphatic rings. The standard InChI is InChI=1S/C17H16N4O4/c1-12(16-3-2-8-25-16)19-17(22)11-20-10-14(9-18-20)13-4-6-15(7-5-13)21(23)24/h2-10,12H,11H2,1H3,(H,19,22)/t12-/m0/s1. The van der Waals surface area contributed by atoms with Crippen molar-refractivity contribution in [2.45, 2.75) is 19.5 Å². The zero-order chi connectivity index (χ0) is 17.8. The number of rotatable bonds is 6. The molecule has 1 atom stereocenters. The number of nitrogens with zero attached hydrogens (tertiary/aromatic N) is 3. The Labute approximate surface area is 143 Å². The van der Waals surface area contributed by atoms with Gasteiger partial charge in [0.1, 0.15) is 12.3 Å². The van der Waals surface area contributed by atoms with Gasteiger partial charge >= 0.3 is 0 Å². The van der Waals surface area contributed by atoms with Crippen molar-refractivity contribution >= 4 is 11.6 Å². The van der Waals surface area contributed by atoms with E-state index in [9.17, 15) is 14.9 Å². The molecule has 0 saturated carbocycles. The van der Waals surface area contributed by atoms with Gasteiger partial charge in [0.25, 0.3) is 5.69 Å². The molecular weight excluding hydrogens is 324 g/mol. The van der Waals surface area contributed by atoms with Crippen LogP contribution in [-0.2, 0) is 11.3 Å². The summed E-state index contributed by atoms with van der Waals surface area (Å²) in [6.07, 6.45) is 4.89. The molecule has 1 N–H and O–H groups in total. The molecule has 8 heteroatoms. The van der Waals surface area contributed by atoms with Gasteiger partial charge in [-0.1, -0.05) is 0 Å². The van der Waals surface area contributed by atoms with Crippen LogP contribution in [0.2, 0.25) is 0 Å². The van der Waals surface area contributed by atoms with Crippen molar-refractivity contribution in [2.75, 3.05) is 0 Å². The highest BCUT2D eigenvalue weighted by molar-refractivity contribution is 5.76. The van der Waals surface area contributed by atoms with E-state index in [4.69, 9.17) is 4.42 Å². The van der Waals surface area contributed by atoms with E-state index in [0.29, 0.717) is 5.76 Å². The summed E-state index contributed by atoms with van der Waals surface area (Å²) in [6, 6.07) is 9.51. The van der Waals surface area contributed by atoms with E-state index in [0.717, 1.165) is 11.1 Å². The number of nitro groups is 1. The number of non-ortho nitro benzene ring substituents is 1. The van der Waals surface area contributed by atoms with Gasteiger partial charge in [0.15, 0.2) is 0 Å². The summed E-state index contributed by atoms with van der Waals surface area (Å²) in [7, 11) is 0. The lowest BCUT2D eigenvalue weighted by Gasteiger charge is -2.11. The summed E-state index contributed by atoms with van der Waals surface area (Å²) in [6.45, 7) is 1.90. The normalized spacial score (nSPS) is 11.9. The van der Waals surface area contributed by atoms with Gasteiger partial charge in [-0.25, -0.2) is 0 Å². The molecule has 1 amide bonds. The molecule has 0 saturated heterocycles. The molecule has 0 radical (unpaired) electrons. The molecule has 2 heterocycles. The van der Waals surface area contributed by atoms with Gasteiger partial charge in [-0.2, -0.15) is 5.10 Å². The smallest absolute Gasteiger partial charge is 0.269 e. The van der Waals surface area contributed by atoms with Crippen molar-refractivity contribution in [3.05, 3.63) is 70.9 Å². The van der Waals surface area contributed by atoms with Crippen molar-refractivity contribution in [3.63, 3.8) is 0 Å². The third-order valence-corrected chi connectivity index (χ3v) is 3.70. The van der Waals surface area contributed by atoms with Crippen LogP contribution in [0.3, 0.4) is 0 Å². The summed E-state index contributed by atoms with van der Waals surface area (Å²) in [5, 5.41) is 17.7. The Morgan fingerprint density at radius 2 is 2.08 bits per heavy atom. The van der Waals surface area contributed by atoms with E-state index in [1.54, 1.807) is 42.9 Å². The largest absolute Gasteiger partial charge is 0.467 e. The Bertz CT molecular complexity index is 868. The fourth-order valence-electron chi connectivity index (χ4n) is 2.42. The van der Waals surface area contributed by atoms with Gasteiger partial charge in [0, 0.05) is 23.9 Å².